The molecule has 1 rings (SSSR count). The van der Waals surface area contributed by atoms with Crippen molar-refractivity contribution in [2.24, 2.45) is 11.3 Å². The highest BCUT2D eigenvalue weighted by Gasteiger charge is 2.36. The molecule has 0 aliphatic carbocycles. The Bertz CT molecular complexity index is 329. The van der Waals surface area contributed by atoms with E-state index in [0.29, 0.717) is 13.0 Å². The second-order valence-corrected chi connectivity index (χ2v) is 6.26. The molecule has 1 saturated heterocycles. The van der Waals surface area contributed by atoms with Crippen LogP contribution in [0.15, 0.2) is 0 Å². The number of hydrogen-bond acceptors (Lipinski definition) is 3. The van der Waals surface area contributed by atoms with Crippen molar-refractivity contribution in [2.45, 2.75) is 52.5 Å². The van der Waals surface area contributed by atoms with Crippen molar-refractivity contribution >= 4 is 11.9 Å². The van der Waals surface area contributed by atoms with Gasteiger partial charge in [-0.25, -0.2) is 0 Å². The molecule has 0 bridgehead atoms. The van der Waals surface area contributed by atoms with Crippen LogP contribution >= 0.6 is 0 Å². The van der Waals surface area contributed by atoms with Crippen LogP contribution in [0.25, 0.3) is 0 Å². The third kappa shape index (κ3) is 5.19. The van der Waals surface area contributed by atoms with Gasteiger partial charge in [-0.2, -0.15) is 0 Å². The Morgan fingerprint density at radius 2 is 2.16 bits per heavy atom. The lowest BCUT2D eigenvalue weighted by atomic mass is 9.77. The van der Waals surface area contributed by atoms with Gasteiger partial charge >= 0.3 is 5.97 Å². The Balaban J connectivity index is 2.36. The third-order valence-electron chi connectivity index (χ3n) is 3.87. The van der Waals surface area contributed by atoms with E-state index in [-0.39, 0.29) is 29.7 Å². The molecule has 2 atom stereocenters. The fourth-order valence-electron chi connectivity index (χ4n) is 2.51. The molecule has 0 aromatic rings. The van der Waals surface area contributed by atoms with E-state index in [2.05, 4.69) is 24.5 Å². The number of carboxylic acid groups (broad SMARTS) is 1. The molecular weight excluding hydrogens is 244 g/mol. The van der Waals surface area contributed by atoms with Gasteiger partial charge in [-0.1, -0.05) is 20.8 Å². The van der Waals surface area contributed by atoms with E-state index in [1.54, 1.807) is 0 Å². The number of piperidine rings is 1. The van der Waals surface area contributed by atoms with Gasteiger partial charge in [0.2, 0.25) is 5.91 Å². The van der Waals surface area contributed by atoms with Crippen LogP contribution in [0.1, 0.15) is 46.5 Å². The summed E-state index contributed by atoms with van der Waals surface area (Å²) in [4.78, 5) is 22.6. The maximum absolute atomic E-state index is 12.2. The first-order valence-corrected chi connectivity index (χ1v) is 7.06. The van der Waals surface area contributed by atoms with Crippen molar-refractivity contribution in [3.8, 4) is 0 Å². The van der Waals surface area contributed by atoms with Crippen LogP contribution in [0.4, 0.5) is 0 Å². The summed E-state index contributed by atoms with van der Waals surface area (Å²) < 4.78 is 0. The van der Waals surface area contributed by atoms with Crippen LogP contribution in [0.3, 0.4) is 0 Å². The summed E-state index contributed by atoms with van der Waals surface area (Å²) >= 11 is 0. The standard InChI is InChI=1S/C14H26N2O3/c1-10(5-6-11(17)18)9-16-13(19)12-14(2,3)7-4-8-15-12/h10,12,15H,4-9H2,1-3H3,(H,16,19)(H,17,18). The molecule has 0 aromatic heterocycles. The van der Waals surface area contributed by atoms with Crippen molar-refractivity contribution in [1.82, 2.24) is 10.6 Å². The Kier molecular flexibility index (Phi) is 5.79. The second-order valence-electron chi connectivity index (χ2n) is 6.26. The van der Waals surface area contributed by atoms with Crippen LogP contribution in [0, 0.1) is 11.3 Å². The van der Waals surface area contributed by atoms with E-state index < -0.39 is 5.97 Å². The van der Waals surface area contributed by atoms with Gasteiger partial charge in [0.1, 0.15) is 0 Å². The molecular formula is C14H26N2O3. The zero-order chi connectivity index (χ0) is 14.5. The largest absolute Gasteiger partial charge is 0.481 e. The summed E-state index contributed by atoms with van der Waals surface area (Å²) in [6, 6.07) is -0.145. The zero-order valence-electron chi connectivity index (χ0n) is 12.2. The zero-order valence-corrected chi connectivity index (χ0v) is 12.2. The summed E-state index contributed by atoms with van der Waals surface area (Å²) in [5, 5.41) is 14.8. The summed E-state index contributed by atoms with van der Waals surface area (Å²) in [5.74, 6) is -0.563. The molecule has 5 heteroatoms. The van der Waals surface area contributed by atoms with Crippen LogP contribution in [0.5, 0.6) is 0 Å². The van der Waals surface area contributed by atoms with Crippen LogP contribution < -0.4 is 10.6 Å². The summed E-state index contributed by atoms with van der Waals surface area (Å²) in [6.07, 6.45) is 2.90. The molecule has 2 unspecified atom stereocenters. The quantitative estimate of drug-likeness (QED) is 0.681. The van der Waals surface area contributed by atoms with Crippen molar-refractivity contribution in [3.63, 3.8) is 0 Å². The number of nitrogens with one attached hydrogen (secondary N) is 2. The van der Waals surface area contributed by atoms with Crippen molar-refractivity contribution in [2.75, 3.05) is 13.1 Å². The molecule has 0 spiro atoms. The smallest absolute Gasteiger partial charge is 0.303 e. The van der Waals surface area contributed by atoms with Crippen LogP contribution in [-0.4, -0.2) is 36.1 Å². The highest BCUT2D eigenvalue weighted by atomic mass is 16.4. The van der Waals surface area contributed by atoms with Crippen molar-refractivity contribution in [3.05, 3.63) is 0 Å². The highest BCUT2D eigenvalue weighted by molar-refractivity contribution is 5.82. The maximum atomic E-state index is 12.2. The monoisotopic (exact) mass is 270 g/mol. The fourth-order valence-corrected chi connectivity index (χ4v) is 2.51. The van der Waals surface area contributed by atoms with Gasteiger partial charge in [0.05, 0.1) is 6.04 Å². The predicted octanol–water partition coefficient (Wildman–Crippen LogP) is 1.38. The molecule has 1 fully saturated rings. The molecule has 1 amide bonds. The molecule has 0 radical (unpaired) electrons. The number of aliphatic carboxylic acids is 1. The minimum absolute atomic E-state index is 0.0212. The van der Waals surface area contributed by atoms with E-state index in [4.69, 9.17) is 5.11 Å². The SMILES string of the molecule is CC(CCC(=O)O)CNC(=O)C1NCCCC1(C)C. The van der Waals surface area contributed by atoms with Gasteiger partial charge in [-0.3, -0.25) is 9.59 Å². The first-order chi connectivity index (χ1) is 8.83. The molecule has 1 heterocycles. The predicted molar refractivity (Wildman–Crippen MR) is 73.8 cm³/mol. The molecule has 0 saturated carbocycles. The Labute approximate surface area is 115 Å². The van der Waals surface area contributed by atoms with E-state index in [9.17, 15) is 9.59 Å². The number of carboxylic acids is 1. The normalized spacial score (nSPS) is 23.6. The van der Waals surface area contributed by atoms with E-state index in [1.807, 2.05) is 6.92 Å². The fraction of sp³-hybridized carbons (Fsp3) is 0.857. The van der Waals surface area contributed by atoms with E-state index in [0.717, 1.165) is 19.4 Å². The molecule has 1 aliphatic rings. The minimum atomic E-state index is -0.784. The van der Waals surface area contributed by atoms with Crippen LogP contribution in [-0.2, 0) is 9.59 Å². The van der Waals surface area contributed by atoms with Crippen LogP contribution in [0.2, 0.25) is 0 Å². The topological polar surface area (TPSA) is 78.4 Å². The Morgan fingerprint density at radius 3 is 2.74 bits per heavy atom. The first-order valence-electron chi connectivity index (χ1n) is 7.06. The third-order valence-corrected chi connectivity index (χ3v) is 3.87. The molecule has 3 N–H and O–H groups in total. The second kappa shape index (κ2) is 6.89. The average Bonchev–Trinajstić information content (AvgIpc) is 2.32. The maximum Gasteiger partial charge on any atom is 0.303 e. The Hall–Kier alpha value is -1.10. The van der Waals surface area contributed by atoms with E-state index in [1.165, 1.54) is 0 Å². The summed E-state index contributed by atoms with van der Waals surface area (Å²) in [6.45, 7) is 7.60. The molecule has 1 aliphatic heterocycles. The molecule has 0 aromatic carbocycles. The highest BCUT2D eigenvalue weighted by Crippen LogP contribution is 2.30. The lowest BCUT2D eigenvalue weighted by molar-refractivity contribution is -0.137. The van der Waals surface area contributed by atoms with Gasteiger partial charge in [0, 0.05) is 13.0 Å². The number of amides is 1. The van der Waals surface area contributed by atoms with E-state index >= 15 is 0 Å². The van der Waals surface area contributed by atoms with Gasteiger partial charge in [-0.05, 0) is 37.1 Å². The molecule has 19 heavy (non-hydrogen) atoms. The van der Waals surface area contributed by atoms with Gasteiger partial charge in [-0.15, -0.1) is 0 Å². The summed E-state index contributed by atoms with van der Waals surface area (Å²) in [5.41, 5.74) is -0.0212. The number of hydrogen-bond donors (Lipinski definition) is 3. The minimum Gasteiger partial charge on any atom is -0.481 e. The average molecular weight is 270 g/mol. The number of rotatable bonds is 6. The number of carbonyl (C=O) groups excluding carboxylic acids is 1. The molecule has 5 nitrogen and oxygen atoms in total. The molecule has 110 valence electrons. The van der Waals surface area contributed by atoms with Gasteiger partial charge in [0.25, 0.3) is 0 Å². The van der Waals surface area contributed by atoms with Crippen molar-refractivity contribution < 1.29 is 14.7 Å². The van der Waals surface area contributed by atoms with Gasteiger partial charge in [0.15, 0.2) is 0 Å². The van der Waals surface area contributed by atoms with Gasteiger partial charge < -0.3 is 15.7 Å². The lowest BCUT2D eigenvalue weighted by Crippen LogP contribution is -2.56. The first kappa shape index (κ1) is 16.0. The lowest BCUT2D eigenvalue weighted by Gasteiger charge is -2.38. The number of carbonyl (C=O) groups is 2. The summed E-state index contributed by atoms with van der Waals surface area (Å²) in [7, 11) is 0. The Morgan fingerprint density at radius 1 is 1.47 bits per heavy atom. The van der Waals surface area contributed by atoms with Crippen molar-refractivity contribution in [1.29, 1.82) is 0 Å².